The Bertz CT molecular complexity index is 517. The van der Waals surface area contributed by atoms with Crippen LogP contribution in [0.2, 0.25) is 0 Å². The second kappa shape index (κ2) is 9.81. The van der Waals surface area contributed by atoms with Crippen LogP contribution in [0.15, 0.2) is 18.2 Å². The van der Waals surface area contributed by atoms with E-state index in [4.69, 9.17) is 14.6 Å². The van der Waals surface area contributed by atoms with E-state index in [1.807, 2.05) is 0 Å². The van der Waals surface area contributed by atoms with Crippen molar-refractivity contribution in [1.29, 1.82) is 0 Å². The first kappa shape index (κ1) is 17.0. The van der Waals surface area contributed by atoms with Gasteiger partial charge in [-0.05, 0) is 24.6 Å². The quantitative estimate of drug-likeness (QED) is 0.585. The summed E-state index contributed by atoms with van der Waals surface area (Å²) < 4.78 is 10.1. The van der Waals surface area contributed by atoms with Gasteiger partial charge in [0.1, 0.15) is 5.75 Å². The van der Waals surface area contributed by atoms with Crippen LogP contribution in [0.25, 0.3) is 0 Å². The first-order chi connectivity index (χ1) is 10.2. The van der Waals surface area contributed by atoms with Gasteiger partial charge in [0.15, 0.2) is 0 Å². The molecular weight excluding hydrogens is 270 g/mol. The summed E-state index contributed by atoms with van der Waals surface area (Å²) in [4.78, 5) is 12.0. The van der Waals surface area contributed by atoms with Crippen molar-refractivity contribution in [2.75, 3.05) is 34.0 Å². The summed E-state index contributed by atoms with van der Waals surface area (Å²) in [7, 11) is 3.18. The molecule has 2 N–H and O–H groups in total. The van der Waals surface area contributed by atoms with Gasteiger partial charge in [0.05, 0.1) is 19.3 Å². The zero-order valence-corrected chi connectivity index (χ0v) is 12.4. The molecule has 0 fully saturated rings. The lowest BCUT2D eigenvalue weighted by Crippen LogP contribution is -2.25. The highest BCUT2D eigenvalue weighted by Gasteiger charge is 2.08. The molecule has 0 bridgehead atoms. The number of rotatable bonds is 7. The van der Waals surface area contributed by atoms with Crippen molar-refractivity contribution in [1.82, 2.24) is 5.32 Å². The van der Waals surface area contributed by atoms with Crippen LogP contribution in [-0.4, -0.2) is 45.0 Å². The van der Waals surface area contributed by atoms with Crippen LogP contribution in [0.3, 0.4) is 0 Å². The normalized spacial score (nSPS) is 9.67. The fourth-order valence-electron chi connectivity index (χ4n) is 1.68. The molecule has 0 atom stereocenters. The number of ether oxygens (including phenoxy) is 2. The molecule has 0 radical (unpaired) electrons. The van der Waals surface area contributed by atoms with Crippen LogP contribution < -0.4 is 10.1 Å². The summed E-state index contributed by atoms with van der Waals surface area (Å²) in [5.74, 6) is 6.18. The van der Waals surface area contributed by atoms with Gasteiger partial charge in [-0.15, -0.1) is 0 Å². The molecule has 1 aromatic rings. The van der Waals surface area contributed by atoms with Crippen LogP contribution in [0.5, 0.6) is 5.75 Å². The third kappa shape index (κ3) is 5.86. The van der Waals surface area contributed by atoms with E-state index in [-0.39, 0.29) is 12.5 Å². The number of aliphatic hydroxyl groups excluding tert-OH is 1. The van der Waals surface area contributed by atoms with Gasteiger partial charge in [-0.2, -0.15) is 0 Å². The van der Waals surface area contributed by atoms with Crippen molar-refractivity contribution in [3.63, 3.8) is 0 Å². The lowest BCUT2D eigenvalue weighted by Gasteiger charge is -2.08. The molecule has 0 unspecified atom stereocenters. The number of carbonyl (C=O) groups excluding carboxylic acids is 1. The number of methoxy groups -OCH3 is 2. The number of carbonyl (C=O) groups is 1. The van der Waals surface area contributed by atoms with Gasteiger partial charge in [-0.3, -0.25) is 4.79 Å². The Morgan fingerprint density at radius 2 is 2.19 bits per heavy atom. The van der Waals surface area contributed by atoms with Gasteiger partial charge in [-0.25, -0.2) is 0 Å². The first-order valence-electron chi connectivity index (χ1n) is 6.77. The van der Waals surface area contributed by atoms with Crippen molar-refractivity contribution in [3.05, 3.63) is 29.3 Å². The molecule has 21 heavy (non-hydrogen) atoms. The summed E-state index contributed by atoms with van der Waals surface area (Å²) >= 11 is 0. The molecule has 0 spiro atoms. The molecule has 1 amide bonds. The van der Waals surface area contributed by atoms with Crippen LogP contribution in [0, 0.1) is 11.8 Å². The largest absolute Gasteiger partial charge is 0.495 e. The van der Waals surface area contributed by atoms with Crippen LogP contribution in [-0.2, 0) is 4.74 Å². The van der Waals surface area contributed by atoms with Crippen molar-refractivity contribution in [2.24, 2.45) is 0 Å². The number of benzene rings is 1. The van der Waals surface area contributed by atoms with Gasteiger partial charge < -0.3 is 19.9 Å². The third-order valence-corrected chi connectivity index (χ3v) is 2.73. The molecule has 0 aromatic heterocycles. The number of hydrogen-bond acceptors (Lipinski definition) is 4. The Hall–Kier alpha value is -2.03. The minimum atomic E-state index is -0.154. The Morgan fingerprint density at radius 3 is 2.86 bits per heavy atom. The highest BCUT2D eigenvalue weighted by Crippen LogP contribution is 2.18. The molecule has 0 aliphatic rings. The van der Waals surface area contributed by atoms with E-state index in [0.717, 1.165) is 6.42 Å². The lowest BCUT2D eigenvalue weighted by molar-refractivity contribution is 0.0948. The average Bonchev–Trinajstić information content (AvgIpc) is 2.51. The summed E-state index contributed by atoms with van der Waals surface area (Å²) in [6, 6.07) is 5.10. The molecular formula is C16H21NO4. The Morgan fingerprint density at radius 1 is 1.38 bits per heavy atom. The van der Waals surface area contributed by atoms with Crippen LogP contribution >= 0.6 is 0 Å². The molecule has 5 heteroatoms. The molecule has 0 aliphatic carbocycles. The monoisotopic (exact) mass is 291 g/mol. The van der Waals surface area contributed by atoms with Gasteiger partial charge in [0.2, 0.25) is 0 Å². The van der Waals surface area contributed by atoms with E-state index in [2.05, 4.69) is 17.2 Å². The van der Waals surface area contributed by atoms with Gasteiger partial charge in [0.25, 0.3) is 5.91 Å². The summed E-state index contributed by atoms with van der Waals surface area (Å²) in [5, 5.41) is 11.6. The maximum Gasteiger partial charge on any atom is 0.251 e. The van der Waals surface area contributed by atoms with Gasteiger partial charge >= 0.3 is 0 Å². The first-order valence-corrected chi connectivity index (χ1v) is 6.77. The molecule has 1 aromatic carbocycles. The molecule has 5 nitrogen and oxygen atoms in total. The smallest absolute Gasteiger partial charge is 0.251 e. The Kier molecular flexibility index (Phi) is 7.95. The molecule has 0 heterocycles. The average molecular weight is 291 g/mol. The highest BCUT2D eigenvalue weighted by molar-refractivity contribution is 5.94. The van der Waals surface area contributed by atoms with E-state index < -0.39 is 0 Å². The number of amides is 1. The van der Waals surface area contributed by atoms with E-state index in [1.165, 1.54) is 0 Å². The van der Waals surface area contributed by atoms with Crippen LogP contribution in [0.4, 0.5) is 0 Å². The molecule has 1 rings (SSSR count). The molecule has 114 valence electrons. The predicted molar refractivity (Wildman–Crippen MR) is 80.4 cm³/mol. The predicted octanol–water partition coefficient (Wildman–Crippen LogP) is 1.20. The topological polar surface area (TPSA) is 67.8 Å². The number of aliphatic hydroxyl groups is 1. The van der Waals surface area contributed by atoms with Crippen LogP contribution in [0.1, 0.15) is 28.8 Å². The minimum Gasteiger partial charge on any atom is -0.495 e. The fraction of sp³-hybridized carbons (Fsp3) is 0.438. The van der Waals surface area contributed by atoms with Gasteiger partial charge in [-0.1, -0.05) is 11.8 Å². The summed E-state index contributed by atoms with van der Waals surface area (Å²) in [5.41, 5.74) is 1.16. The zero-order valence-electron chi connectivity index (χ0n) is 12.4. The van der Waals surface area contributed by atoms with Crippen molar-refractivity contribution in [3.8, 4) is 17.6 Å². The Balaban J connectivity index is 2.77. The maximum atomic E-state index is 12.0. The second-order valence-corrected chi connectivity index (χ2v) is 4.29. The SMILES string of the molecule is COCCCNC(=O)c1ccc(OC)c(C#CCCO)c1. The highest BCUT2D eigenvalue weighted by atomic mass is 16.5. The number of nitrogens with one attached hydrogen (secondary N) is 1. The standard InChI is InChI=1S/C16H21NO4/c1-20-11-5-9-17-16(19)14-7-8-15(21-2)13(12-14)6-3-4-10-18/h7-8,12,18H,4-5,9-11H2,1-2H3,(H,17,19). The van der Waals surface area contributed by atoms with Crippen molar-refractivity contribution >= 4 is 5.91 Å². The van der Waals surface area contributed by atoms with Crippen molar-refractivity contribution in [2.45, 2.75) is 12.8 Å². The van der Waals surface area contributed by atoms with E-state index in [9.17, 15) is 4.79 Å². The Labute approximate surface area is 125 Å². The minimum absolute atomic E-state index is 0.00892. The van der Waals surface area contributed by atoms with Crippen molar-refractivity contribution < 1.29 is 19.4 Å². The van der Waals surface area contributed by atoms with E-state index in [0.29, 0.717) is 36.4 Å². The second-order valence-electron chi connectivity index (χ2n) is 4.29. The maximum absolute atomic E-state index is 12.0. The molecule has 0 aliphatic heterocycles. The molecule has 0 saturated heterocycles. The molecule has 0 saturated carbocycles. The van der Waals surface area contributed by atoms with Gasteiger partial charge in [0, 0.05) is 32.2 Å². The third-order valence-electron chi connectivity index (χ3n) is 2.73. The number of hydrogen-bond donors (Lipinski definition) is 2. The summed E-state index contributed by atoms with van der Waals surface area (Å²) in [6.45, 7) is 1.18. The fourth-order valence-corrected chi connectivity index (χ4v) is 1.68. The van der Waals surface area contributed by atoms with E-state index in [1.54, 1.807) is 32.4 Å². The zero-order chi connectivity index (χ0) is 15.5. The van der Waals surface area contributed by atoms with E-state index >= 15 is 0 Å². The lowest BCUT2D eigenvalue weighted by atomic mass is 10.1. The summed E-state index contributed by atoms with van der Waals surface area (Å²) in [6.07, 6.45) is 1.15.